The van der Waals surface area contributed by atoms with E-state index in [0.29, 0.717) is 11.1 Å². The van der Waals surface area contributed by atoms with Crippen molar-refractivity contribution in [3.05, 3.63) is 18.0 Å². The summed E-state index contributed by atoms with van der Waals surface area (Å²) in [6.45, 7) is 2.68. The van der Waals surface area contributed by atoms with Gasteiger partial charge in [-0.25, -0.2) is 0 Å². The van der Waals surface area contributed by atoms with E-state index in [0.717, 1.165) is 25.9 Å². The first-order chi connectivity index (χ1) is 11.4. The molecule has 1 fully saturated rings. The third-order valence-electron chi connectivity index (χ3n) is 3.95. The molecule has 3 rings (SSSR count). The average molecular weight is 344 g/mol. The lowest BCUT2D eigenvalue weighted by Gasteiger charge is -2.28. The Morgan fingerprint density at radius 3 is 2.62 bits per heavy atom. The summed E-state index contributed by atoms with van der Waals surface area (Å²) >= 11 is 0. The summed E-state index contributed by atoms with van der Waals surface area (Å²) < 4.78 is 39.1. The Labute approximate surface area is 136 Å². The van der Waals surface area contributed by atoms with E-state index in [9.17, 15) is 18.3 Å². The normalized spacial score (nSPS) is 18.0. The monoisotopic (exact) mass is 344 g/mol. The van der Waals surface area contributed by atoms with Gasteiger partial charge < -0.3 is 15.3 Å². The van der Waals surface area contributed by atoms with Crippen LogP contribution in [-0.4, -0.2) is 62.1 Å². The van der Waals surface area contributed by atoms with Crippen molar-refractivity contribution in [3.63, 3.8) is 0 Å². The van der Waals surface area contributed by atoms with E-state index < -0.39 is 18.1 Å². The van der Waals surface area contributed by atoms with Gasteiger partial charge in [-0.05, 0) is 38.1 Å². The van der Waals surface area contributed by atoms with Crippen molar-refractivity contribution in [1.29, 1.82) is 0 Å². The van der Waals surface area contributed by atoms with Gasteiger partial charge in [0, 0.05) is 13.1 Å². The van der Waals surface area contributed by atoms with Gasteiger partial charge in [0.25, 0.3) is 5.82 Å². The second-order valence-corrected chi connectivity index (χ2v) is 5.91. The van der Waals surface area contributed by atoms with E-state index in [1.54, 1.807) is 0 Å². The molecule has 1 atom stereocenters. The second-order valence-electron chi connectivity index (χ2n) is 5.91. The Kier molecular flexibility index (Phi) is 4.86. The maximum Gasteiger partial charge on any atom is 0.453 e. The number of rotatable bonds is 5. The van der Waals surface area contributed by atoms with E-state index >= 15 is 0 Å². The number of aromatic nitrogens is 4. The summed E-state index contributed by atoms with van der Waals surface area (Å²) in [7, 11) is 0. The molecule has 2 aromatic rings. The van der Waals surface area contributed by atoms with Crippen LogP contribution >= 0.6 is 0 Å². The van der Waals surface area contributed by atoms with Crippen molar-refractivity contribution in [2.75, 3.05) is 31.5 Å². The Hall–Kier alpha value is -1.94. The molecule has 132 valence electrons. The fourth-order valence-electron chi connectivity index (χ4n) is 2.79. The highest BCUT2D eigenvalue weighted by Crippen LogP contribution is 2.27. The highest BCUT2D eigenvalue weighted by Gasteiger charge is 2.37. The number of anilines is 1. The first-order valence-corrected chi connectivity index (χ1v) is 7.87. The first-order valence-electron chi connectivity index (χ1n) is 7.87. The summed E-state index contributed by atoms with van der Waals surface area (Å²) in [6, 6.07) is 2.91. The van der Waals surface area contributed by atoms with Gasteiger partial charge in [-0.15, -0.1) is 15.3 Å². The fourth-order valence-corrected chi connectivity index (χ4v) is 2.79. The number of fused-ring (bicyclic) bond motifs is 1. The number of β-amino-alcohol motifs (C(OH)–C–C–N with tert-alkyl or cyclic N) is 1. The predicted octanol–water partition coefficient (Wildman–Crippen LogP) is 1.40. The molecule has 0 amide bonds. The van der Waals surface area contributed by atoms with Crippen molar-refractivity contribution in [2.45, 2.75) is 31.5 Å². The van der Waals surface area contributed by atoms with Gasteiger partial charge in [-0.2, -0.15) is 17.7 Å². The number of nitrogens with zero attached hydrogens (tertiary/aromatic N) is 5. The molecular weight excluding hydrogens is 325 g/mol. The SMILES string of the molecule is O[C@@H](CNc1ccc2nnc(C(F)(F)F)n2n1)CN1CCCCC1. The van der Waals surface area contributed by atoms with Crippen LogP contribution in [0.1, 0.15) is 25.1 Å². The van der Waals surface area contributed by atoms with Gasteiger partial charge in [0.05, 0.1) is 6.10 Å². The second kappa shape index (κ2) is 6.89. The molecule has 0 bridgehead atoms. The van der Waals surface area contributed by atoms with Crippen LogP contribution in [0.25, 0.3) is 5.65 Å². The van der Waals surface area contributed by atoms with Crippen LogP contribution in [0.3, 0.4) is 0 Å². The maximum atomic E-state index is 12.8. The third kappa shape index (κ3) is 3.93. The Morgan fingerprint density at radius 1 is 1.17 bits per heavy atom. The zero-order valence-electron chi connectivity index (χ0n) is 13.0. The van der Waals surface area contributed by atoms with E-state index in [4.69, 9.17) is 0 Å². The number of aliphatic hydroxyl groups is 1. The number of likely N-dealkylation sites (tertiary alicyclic amines) is 1. The summed E-state index contributed by atoms with van der Waals surface area (Å²) in [6.07, 6.45) is -1.77. The van der Waals surface area contributed by atoms with Crippen LogP contribution in [0.4, 0.5) is 19.0 Å². The molecule has 3 heterocycles. The summed E-state index contributed by atoms with van der Waals surface area (Å²) in [5.41, 5.74) is 0.0155. The van der Waals surface area contributed by atoms with Crippen LogP contribution < -0.4 is 5.32 Å². The predicted molar refractivity (Wildman–Crippen MR) is 80.6 cm³/mol. The smallest absolute Gasteiger partial charge is 0.390 e. The minimum atomic E-state index is -4.63. The van der Waals surface area contributed by atoms with Crippen LogP contribution in [-0.2, 0) is 6.18 Å². The van der Waals surface area contributed by atoms with Gasteiger partial charge in [-0.3, -0.25) is 0 Å². The molecule has 0 radical (unpaired) electrons. The molecule has 2 N–H and O–H groups in total. The number of aliphatic hydroxyl groups excluding tert-OH is 1. The molecule has 1 aliphatic rings. The van der Waals surface area contributed by atoms with Gasteiger partial charge in [0.2, 0.25) is 0 Å². The fraction of sp³-hybridized carbons (Fsp3) is 0.643. The van der Waals surface area contributed by atoms with Gasteiger partial charge in [-0.1, -0.05) is 6.42 Å². The number of hydrogen-bond acceptors (Lipinski definition) is 6. The molecule has 1 aliphatic heterocycles. The van der Waals surface area contributed by atoms with E-state index in [-0.39, 0.29) is 18.0 Å². The minimum absolute atomic E-state index is 0.0155. The highest BCUT2D eigenvalue weighted by molar-refractivity contribution is 5.44. The average Bonchev–Trinajstić information content (AvgIpc) is 2.97. The number of alkyl halides is 3. The van der Waals surface area contributed by atoms with Crippen LogP contribution in [0.15, 0.2) is 12.1 Å². The molecule has 0 saturated carbocycles. The van der Waals surface area contributed by atoms with Crippen molar-refractivity contribution in [2.24, 2.45) is 0 Å². The largest absolute Gasteiger partial charge is 0.453 e. The molecule has 2 aromatic heterocycles. The zero-order chi connectivity index (χ0) is 17.2. The highest BCUT2D eigenvalue weighted by atomic mass is 19.4. The van der Waals surface area contributed by atoms with Gasteiger partial charge >= 0.3 is 6.18 Å². The lowest BCUT2D eigenvalue weighted by Crippen LogP contribution is -2.39. The molecular formula is C14H19F3N6O. The molecule has 24 heavy (non-hydrogen) atoms. The molecule has 0 aromatic carbocycles. The summed E-state index contributed by atoms with van der Waals surface area (Å²) in [5.74, 6) is -0.944. The molecule has 10 heteroatoms. The van der Waals surface area contributed by atoms with Crippen LogP contribution in [0, 0.1) is 0 Å². The van der Waals surface area contributed by atoms with Crippen molar-refractivity contribution in [3.8, 4) is 0 Å². The Morgan fingerprint density at radius 2 is 1.92 bits per heavy atom. The quantitative estimate of drug-likeness (QED) is 0.854. The standard InChI is InChI=1S/C14H19F3N6O/c15-14(16,17)13-20-19-12-5-4-11(21-23(12)13)18-8-10(24)9-22-6-2-1-3-7-22/h4-5,10,24H,1-3,6-9H2,(H,18,21)/t10-/m0/s1. The molecule has 0 aliphatic carbocycles. The molecule has 1 saturated heterocycles. The maximum absolute atomic E-state index is 12.8. The lowest BCUT2D eigenvalue weighted by molar-refractivity contribution is -0.146. The van der Waals surface area contributed by atoms with Crippen molar-refractivity contribution in [1.82, 2.24) is 24.7 Å². The first kappa shape index (κ1) is 16.9. The van der Waals surface area contributed by atoms with Crippen molar-refractivity contribution < 1.29 is 18.3 Å². The molecule has 7 nitrogen and oxygen atoms in total. The van der Waals surface area contributed by atoms with Crippen LogP contribution in [0.2, 0.25) is 0 Å². The minimum Gasteiger partial charge on any atom is -0.390 e. The van der Waals surface area contributed by atoms with Gasteiger partial charge in [0.15, 0.2) is 5.65 Å². The van der Waals surface area contributed by atoms with Gasteiger partial charge in [0.1, 0.15) is 5.82 Å². The Balaban J connectivity index is 1.62. The number of halogens is 3. The number of nitrogens with one attached hydrogen (secondary N) is 1. The Bertz CT molecular complexity index is 683. The van der Waals surface area contributed by atoms with E-state index in [1.807, 2.05) is 0 Å². The van der Waals surface area contributed by atoms with Crippen LogP contribution in [0.5, 0.6) is 0 Å². The van der Waals surface area contributed by atoms with E-state index in [1.165, 1.54) is 18.6 Å². The summed E-state index contributed by atoms with van der Waals surface area (Å²) in [4.78, 5) is 2.19. The third-order valence-corrected chi connectivity index (χ3v) is 3.95. The number of piperidine rings is 1. The number of hydrogen-bond donors (Lipinski definition) is 2. The topological polar surface area (TPSA) is 78.6 Å². The zero-order valence-corrected chi connectivity index (χ0v) is 13.0. The lowest BCUT2D eigenvalue weighted by atomic mass is 10.1. The van der Waals surface area contributed by atoms with Crippen molar-refractivity contribution >= 4 is 11.5 Å². The molecule has 0 spiro atoms. The summed E-state index contributed by atoms with van der Waals surface area (Å²) in [5, 5.41) is 23.4. The van der Waals surface area contributed by atoms with E-state index in [2.05, 4.69) is 25.5 Å². The molecule has 0 unspecified atom stereocenters.